The highest BCUT2D eigenvalue weighted by Gasteiger charge is 2.33. The third kappa shape index (κ3) is 3.44. The molecule has 0 spiro atoms. The first-order valence-corrected chi connectivity index (χ1v) is 6.70. The van der Waals surface area contributed by atoms with Gasteiger partial charge in [0.2, 0.25) is 5.91 Å². The molecule has 0 aromatic heterocycles. The number of nitrogens with zero attached hydrogens (tertiary/aromatic N) is 1. The molecular formula is C15H18N2O3. The summed E-state index contributed by atoms with van der Waals surface area (Å²) in [5, 5.41) is 2.46. The van der Waals surface area contributed by atoms with Crippen molar-refractivity contribution in [1.82, 2.24) is 10.2 Å². The fraction of sp³-hybridized carbons (Fsp3) is 0.400. The summed E-state index contributed by atoms with van der Waals surface area (Å²) in [5.74, 6) is -0.884. The predicted molar refractivity (Wildman–Crippen MR) is 73.7 cm³/mol. The van der Waals surface area contributed by atoms with Crippen LogP contribution in [-0.2, 0) is 20.9 Å². The maximum Gasteiger partial charge on any atom is 0.253 e. The van der Waals surface area contributed by atoms with Crippen molar-refractivity contribution in [3.8, 4) is 0 Å². The van der Waals surface area contributed by atoms with Crippen molar-refractivity contribution < 1.29 is 14.4 Å². The van der Waals surface area contributed by atoms with Gasteiger partial charge in [0, 0.05) is 26.4 Å². The van der Waals surface area contributed by atoms with Gasteiger partial charge in [-0.1, -0.05) is 30.3 Å². The summed E-state index contributed by atoms with van der Waals surface area (Å²) in [6.07, 6.45) is 0.954. The Balaban J connectivity index is 2.14. The van der Waals surface area contributed by atoms with Crippen LogP contribution in [0, 0.1) is 0 Å². The Morgan fingerprint density at radius 2 is 2.00 bits per heavy atom. The molecule has 1 aromatic carbocycles. The van der Waals surface area contributed by atoms with Crippen molar-refractivity contribution in [2.45, 2.75) is 32.4 Å². The molecular weight excluding hydrogens is 256 g/mol. The Kier molecular flexibility index (Phi) is 4.50. The normalized spacial score (nSPS) is 19.6. The van der Waals surface area contributed by atoms with Crippen LogP contribution in [0.15, 0.2) is 30.3 Å². The van der Waals surface area contributed by atoms with Gasteiger partial charge in [-0.15, -0.1) is 0 Å². The summed E-state index contributed by atoms with van der Waals surface area (Å²) in [6, 6.07) is 8.58. The fourth-order valence-electron chi connectivity index (χ4n) is 2.33. The van der Waals surface area contributed by atoms with E-state index < -0.39 is 6.04 Å². The van der Waals surface area contributed by atoms with Gasteiger partial charge >= 0.3 is 0 Å². The average molecular weight is 274 g/mol. The average Bonchev–Trinajstić information content (AvgIpc) is 2.54. The van der Waals surface area contributed by atoms with Crippen molar-refractivity contribution in [3.05, 3.63) is 35.9 Å². The van der Waals surface area contributed by atoms with E-state index in [-0.39, 0.29) is 17.6 Å². The molecule has 1 N–H and O–H groups in total. The Labute approximate surface area is 118 Å². The maximum atomic E-state index is 12.4. The Hall–Kier alpha value is -2.17. The Bertz CT molecular complexity index is 513. The first-order chi connectivity index (χ1) is 9.58. The predicted octanol–water partition coefficient (Wildman–Crippen LogP) is 0.883. The molecule has 2 amide bonds. The number of ketones is 1. The van der Waals surface area contributed by atoms with Crippen LogP contribution >= 0.6 is 0 Å². The standard InChI is InChI=1S/C15H18N2O3/c1-11(18)16-14-13(19)8-5-9-17(15(14)20)10-12-6-3-2-4-7-12/h2-4,6-7,14H,5,8-10H2,1H3,(H,16,18). The number of rotatable bonds is 3. The molecule has 0 radical (unpaired) electrons. The molecule has 1 aliphatic rings. The van der Waals surface area contributed by atoms with E-state index in [9.17, 15) is 14.4 Å². The molecule has 1 unspecified atom stereocenters. The zero-order valence-corrected chi connectivity index (χ0v) is 11.5. The molecule has 1 saturated heterocycles. The first-order valence-electron chi connectivity index (χ1n) is 6.70. The number of amides is 2. The lowest BCUT2D eigenvalue weighted by atomic mass is 10.1. The van der Waals surface area contributed by atoms with E-state index in [1.807, 2.05) is 30.3 Å². The molecule has 5 nitrogen and oxygen atoms in total. The molecule has 5 heteroatoms. The third-order valence-corrected chi connectivity index (χ3v) is 3.30. The molecule has 20 heavy (non-hydrogen) atoms. The maximum absolute atomic E-state index is 12.4. The molecule has 1 fully saturated rings. The van der Waals surface area contributed by atoms with E-state index in [2.05, 4.69) is 5.32 Å². The molecule has 1 aromatic rings. The Morgan fingerprint density at radius 1 is 1.30 bits per heavy atom. The topological polar surface area (TPSA) is 66.5 Å². The summed E-state index contributed by atoms with van der Waals surface area (Å²) in [5.41, 5.74) is 1.01. The number of likely N-dealkylation sites (tertiary alicyclic amines) is 1. The summed E-state index contributed by atoms with van der Waals surface area (Å²) < 4.78 is 0. The molecule has 1 aliphatic heterocycles. The van der Waals surface area contributed by atoms with Gasteiger partial charge in [-0.25, -0.2) is 0 Å². The number of hydrogen-bond donors (Lipinski definition) is 1. The highest BCUT2D eigenvalue weighted by molar-refractivity contribution is 6.08. The van der Waals surface area contributed by atoms with Crippen molar-refractivity contribution >= 4 is 17.6 Å². The second-order valence-electron chi connectivity index (χ2n) is 4.95. The molecule has 1 heterocycles. The molecule has 0 aliphatic carbocycles. The zero-order valence-electron chi connectivity index (χ0n) is 11.5. The minimum Gasteiger partial charge on any atom is -0.338 e. The van der Waals surface area contributed by atoms with Crippen LogP contribution < -0.4 is 5.32 Å². The van der Waals surface area contributed by atoms with Crippen LogP contribution in [0.5, 0.6) is 0 Å². The molecule has 0 saturated carbocycles. The lowest BCUT2D eigenvalue weighted by Gasteiger charge is -2.24. The van der Waals surface area contributed by atoms with E-state index in [4.69, 9.17) is 0 Å². The van der Waals surface area contributed by atoms with E-state index in [0.717, 1.165) is 5.56 Å². The number of benzene rings is 1. The van der Waals surface area contributed by atoms with Gasteiger partial charge in [0.15, 0.2) is 11.8 Å². The van der Waals surface area contributed by atoms with Crippen molar-refractivity contribution in [3.63, 3.8) is 0 Å². The second-order valence-corrected chi connectivity index (χ2v) is 4.95. The number of carbonyl (C=O) groups excluding carboxylic acids is 3. The largest absolute Gasteiger partial charge is 0.338 e. The zero-order chi connectivity index (χ0) is 14.5. The highest BCUT2D eigenvalue weighted by Crippen LogP contribution is 2.13. The van der Waals surface area contributed by atoms with Gasteiger partial charge in [-0.3, -0.25) is 14.4 Å². The summed E-state index contributed by atoms with van der Waals surface area (Å²) in [7, 11) is 0. The minimum atomic E-state index is -1.03. The molecule has 106 valence electrons. The smallest absolute Gasteiger partial charge is 0.253 e. The molecule has 2 rings (SSSR count). The number of hydrogen-bond acceptors (Lipinski definition) is 3. The van der Waals surface area contributed by atoms with Crippen LogP contribution in [0.2, 0.25) is 0 Å². The van der Waals surface area contributed by atoms with E-state index >= 15 is 0 Å². The number of Topliss-reactive ketones (excluding diaryl/α,β-unsaturated/α-hetero) is 1. The van der Waals surface area contributed by atoms with Gasteiger partial charge in [0.25, 0.3) is 5.91 Å². The van der Waals surface area contributed by atoms with Crippen LogP contribution in [0.25, 0.3) is 0 Å². The summed E-state index contributed by atoms with van der Waals surface area (Å²) in [4.78, 5) is 37.1. The Morgan fingerprint density at radius 3 is 2.65 bits per heavy atom. The van der Waals surface area contributed by atoms with E-state index in [1.54, 1.807) is 4.90 Å². The van der Waals surface area contributed by atoms with Gasteiger partial charge in [0.05, 0.1) is 0 Å². The molecule has 0 bridgehead atoms. The van der Waals surface area contributed by atoms with E-state index in [0.29, 0.717) is 25.9 Å². The van der Waals surface area contributed by atoms with Gasteiger partial charge in [-0.2, -0.15) is 0 Å². The second kappa shape index (κ2) is 6.32. The van der Waals surface area contributed by atoms with Crippen LogP contribution in [0.3, 0.4) is 0 Å². The van der Waals surface area contributed by atoms with Crippen molar-refractivity contribution in [2.75, 3.05) is 6.54 Å². The van der Waals surface area contributed by atoms with Crippen LogP contribution in [0.4, 0.5) is 0 Å². The number of carbonyl (C=O) groups is 3. The summed E-state index contributed by atoms with van der Waals surface area (Å²) in [6.45, 7) is 2.31. The lowest BCUT2D eigenvalue weighted by molar-refractivity contribution is -0.140. The monoisotopic (exact) mass is 274 g/mol. The number of nitrogens with one attached hydrogen (secondary N) is 1. The third-order valence-electron chi connectivity index (χ3n) is 3.30. The molecule has 1 atom stereocenters. The SMILES string of the molecule is CC(=O)NC1C(=O)CCCN(Cc2ccccc2)C1=O. The summed E-state index contributed by atoms with van der Waals surface area (Å²) >= 11 is 0. The van der Waals surface area contributed by atoms with Crippen molar-refractivity contribution in [2.24, 2.45) is 0 Å². The van der Waals surface area contributed by atoms with Gasteiger partial charge in [0.1, 0.15) is 0 Å². The quantitative estimate of drug-likeness (QED) is 0.832. The van der Waals surface area contributed by atoms with Crippen LogP contribution in [0.1, 0.15) is 25.3 Å². The van der Waals surface area contributed by atoms with Crippen LogP contribution in [-0.4, -0.2) is 35.1 Å². The first kappa shape index (κ1) is 14.2. The van der Waals surface area contributed by atoms with E-state index in [1.165, 1.54) is 6.92 Å². The van der Waals surface area contributed by atoms with Gasteiger partial charge in [-0.05, 0) is 12.0 Å². The lowest BCUT2D eigenvalue weighted by Crippen LogP contribution is -2.50. The van der Waals surface area contributed by atoms with Gasteiger partial charge < -0.3 is 10.2 Å². The highest BCUT2D eigenvalue weighted by atomic mass is 16.2. The fourth-order valence-corrected chi connectivity index (χ4v) is 2.33. The minimum absolute atomic E-state index is 0.208. The van der Waals surface area contributed by atoms with Crippen molar-refractivity contribution in [1.29, 1.82) is 0 Å².